The topological polar surface area (TPSA) is 47.3 Å². The molecule has 0 aliphatic heterocycles. The molecule has 0 spiro atoms. The van der Waals surface area contributed by atoms with Crippen LogP contribution in [0.15, 0.2) is 42.5 Å². The highest BCUT2D eigenvalue weighted by Crippen LogP contribution is 2.25. The molecule has 0 aliphatic carbocycles. The predicted molar refractivity (Wildman–Crippen MR) is 75.8 cm³/mol. The fourth-order valence-electron chi connectivity index (χ4n) is 1.78. The molecule has 0 heterocycles. The van der Waals surface area contributed by atoms with E-state index in [1.165, 1.54) is 12.1 Å². The lowest BCUT2D eigenvalue weighted by molar-refractivity contribution is 0.342. The highest BCUT2D eigenvalue weighted by atomic mass is 19.1. The molecule has 0 aromatic heterocycles. The van der Waals surface area contributed by atoms with Gasteiger partial charge in [0.1, 0.15) is 11.6 Å². The Morgan fingerprint density at radius 1 is 1.21 bits per heavy atom. The number of anilines is 2. The third kappa shape index (κ3) is 3.61. The molecule has 0 atom stereocenters. The van der Waals surface area contributed by atoms with Gasteiger partial charge in [-0.3, -0.25) is 0 Å². The standard InChI is InChI=1S/C15H17FN2O/c1-2-19-15-9-13(6-7-14(15)17)18-10-11-4-3-5-12(16)8-11/h3-9,18H,2,10,17H2,1H3. The molecular formula is C15H17FN2O. The van der Waals surface area contributed by atoms with Crippen LogP contribution in [0.1, 0.15) is 12.5 Å². The van der Waals surface area contributed by atoms with Gasteiger partial charge in [-0.05, 0) is 36.8 Å². The van der Waals surface area contributed by atoms with E-state index < -0.39 is 0 Å². The van der Waals surface area contributed by atoms with E-state index in [1.54, 1.807) is 12.1 Å². The van der Waals surface area contributed by atoms with Crippen LogP contribution in [0, 0.1) is 5.82 Å². The zero-order valence-electron chi connectivity index (χ0n) is 10.8. The summed E-state index contributed by atoms with van der Waals surface area (Å²) in [6.45, 7) is 3.02. The van der Waals surface area contributed by atoms with E-state index in [9.17, 15) is 4.39 Å². The first-order valence-corrected chi connectivity index (χ1v) is 6.19. The summed E-state index contributed by atoms with van der Waals surface area (Å²) in [4.78, 5) is 0. The van der Waals surface area contributed by atoms with E-state index in [0.717, 1.165) is 11.3 Å². The van der Waals surface area contributed by atoms with Gasteiger partial charge in [-0.1, -0.05) is 12.1 Å². The highest BCUT2D eigenvalue weighted by Gasteiger charge is 2.02. The van der Waals surface area contributed by atoms with Gasteiger partial charge >= 0.3 is 0 Å². The molecule has 2 aromatic rings. The molecule has 3 nitrogen and oxygen atoms in total. The minimum absolute atomic E-state index is 0.230. The minimum Gasteiger partial charge on any atom is -0.492 e. The summed E-state index contributed by atoms with van der Waals surface area (Å²) in [6.07, 6.45) is 0. The lowest BCUT2D eigenvalue weighted by atomic mass is 10.2. The van der Waals surface area contributed by atoms with Gasteiger partial charge in [0.2, 0.25) is 0 Å². The number of ether oxygens (including phenoxy) is 1. The number of hydrogen-bond acceptors (Lipinski definition) is 3. The lowest BCUT2D eigenvalue weighted by Gasteiger charge is -2.11. The van der Waals surface area contributed by atoms with E-state index in [2.05, 4.69) is 5.32 Å². The van der Waals surface area contributed by atoms with Crippen molar-refractivity contribution in [3.63, 3.8) is 0 Å². The van der Waals surface area contributed by atoms with Gasteiger partial charge in [-0.25, -0.2) is 4.39 Å². The van der Waals surface area contributed by atoms with Crippen LogP contribution in [-0.2, 0) is 6.54 Å². The Bertz CT molecular complexity index is 558. The number of hydrogen-bond donors (Lipinski definition) is 2. The highest BCUT2D eigenvalue weighted by molar-refractivity contribution is 5.61. The van der Waals surface area contributed by atoms with Crippen LogP contribution in [0.3, 0.4) is 0 Å². The molecular weight excluding hydrogens is 243 g/mol. The van der Waals surface area contributed by atoms with Crippen molar-refractivity contribution in [2.45, 2.75) is 13.5 Å². The van der Waals surface area contributed by atoms with Gasteiger partial charge in [0, 0.05) is 18.3 Å². The Balaban J connectivity index is 2.05. The maximum Gasteiger partial charge on any atom is 0.144 e. The second kappa shape index (κ2) is 6.09. The average molecular weight is 260 g/mol. The van der Waals surface area contributed by atoms with Crippen LogP contribution >= 0.6 is 0 Å². The summed E-state index contributed by atoms with van der Waals surface area (Å²) in [5.74, 6) is 0.429. The van der Waals surface area contributed by atoms with E-state index in [4.69, 9.17) is 10.5 Å². The Hall–Kier alpha value is -2.23. The summed E-state index contributed by atoms with van der Waals surface area (Å²) in [5.41, 5.74) is 8.18. The number of nitrogens with one attached hydrogen (secondary N) is 1. The zero-order chi connectivity index (χ0) is 13.7. The van der Waals surface area contributed by atoms with E-state index in [-0.39, 0.29) is 5.82 Å². The number of nitrogen functional groups attached to an aromatic ring is 1. The first kappa shape index (κ1) is 13.2. The predicted octanol–water partition coefficient (Wildman–Crippen LogP) is 3.42. The zero-order valence-corrected chi connectivity index (χ0v) is 10.8. The minimum atomic E-state index is -0.230. The van der Waals surface area contributed by atoms with Gasteiger partial charge in [0.25, 0.3) is 0 Å². The second-order valence-corrected chi connectivity index (χ2v) is 4.17. The molecule has 2 rings (SSSR count). The van der Waals surface area contributed by atoms with Crippen LogP contribution in [-0.4, -0.2) is 6.61 Å². The Morgan fingerprint density at radius 2 is 2.05 bits per heavy atom. The van der Waals surface area contributed by atoms with Crippen molar-refractivity contribution in [1.29, 1.82) is 0 Å². The van der Waals surface area contributed by atoms with E-state index in [0.29, 0.717) is 24.6 Å². The van der Waals surface area contributed by atoms with E-state index >= 15 is 0 Å². The molecule has 19 heavy (non-hydrogen) atoms. The molecule has 0 aliphatic rings. The van der Waals surface area contributed by atoms with Crippen molar-refractivity contribution >= 4 is 11.4 Å². The van der Waals surface area contributed by atoms with Gasteiger partial charge in [-0.15, -0.1) is 0 Å². The SMILES string of the molecule is CCOc1cc(NCc2cccc(F)c2)ccc1N. The molecule has 100 valence electrons. The summed E-state index contributed by atoms with van der Waals surface area (Å²) in [5, 5.41) is 3.21. The molecule has 0 amide bonds. The van der Waals surface area contributed by atoms with Gasteiger partial charge in [0.15, 0.2) is 0 Å². The second-order valence-electron chi connectivity index (χ2n) is 4.17. The van der Waals surface area contributed by atoms with Crippen LogP contribution in [0.25, 0.3) is 0 Å². The maximum absolute atomic E-state index is 13.0. The summed E-state index contributed by atoms with van der Waals surface area (Å²) in [6, 6.07) is 12.0. The summed E-state index contributed by atoms with van der Waals surface area (Å²) < 4.78 is 18.5. The Morgan fingerprint density at radius 3 is 2.79 bits per heavy atom. The molecule has 0 radical (unpaired) electrons. The quantitative estimate of drug-likeness (QED) is 0.810. The third-order valence-electron chi connectivity index (χ3n) is 2.70. The molecule has 0 saturated heterocycles. The third-order valence-corrected chi connectivity index (χ3v) is 2.70. The fraction of sp³-hybridized carbons (Fsp3) is 0.200. The molecule has 2 aromatic carbocycles. The van der Waals surface area contributed by atoms with Crippen molar-refractivity contribution in [2.24, 2.45) is 0 Å². The molecule has 0 saturated carbocycles. The van der Waals surface area contributed by atoms with Crippen molar-refractivity contribution in [2.75, 3.05) is 17.7 Å². The number of benzene rings is 2. The van der Waals surface area contributed by atoms with Crippen LogP contribution in [0.4, 0.5) is 15.8 Å². The maximum atomic E-state index is 13.0. The van der Waals surface area contributed by atoms with Crippen LogP contribution in [0.5, 0.6) is 5.75 Å². The van der Waals surface area contributed by atoms with Gasteiger partial charge in [0.05, 0.1) is 12.3 Å². The molecule has 4 heteroatoms. The molecule has 0 fully saturated rings. The monoisotopic (exact) mass is 260 g/mol. The number of nitrogens with two attached hydrogens (primary N) is 1. The first-order chi connectivity index (χ1) is 9.19. The lowest BCUT2D eigenvalue weighted by Crippen LogP contribution is -2.02. The van der Waals surface area contributed by atoms with Crippen molar-refractivity contribution in [3.05, 3.63) is 53.8 Å². The normalized spacial score (nSPS) is 10.2. The number of rotatable bonds is 5. The molecule has 3 N–H and O–H groups in total. The van der Waals surface area contributed by atoms with Crippen molar-refractivity contribution in [1.82, 2.24) is 0 Å². The largest absolute Gasteiger partial charge is 0.492 e. The van der Waals surface area contributed by atoms with Gasteiger partial charge < -0.3 is 15.8 Å². The van der Waals surface area contributed by atoms with Crippen LogP contribution in [0.2, 0.25) is 0 Å². The van der Waals surface area contributed by atoms with Gasteiger partial charge in [-0.2, -0.15) is 0 Å². The van der Waals surface area contributed by atoms with Crippen molar-refractivity contribution in [3.8, 4) is 5.75 Å². The van der Waals surface area contributed by atoms with Crippen molar-refractivity contribution < 1.29 is 9.13 Å². The average Bonchev–Trinajstić information content (AvgIpc) is 2.40. The smallest absolute Gasteiger partial charge is 0.144 e. The van der Waals surface area contributed by atoms with E-state index in [1.807, 2.05) is 25.1 Å². The number of halogens is 1. The summed E-state index contributed by atoms with van der Waals surface area (Å²) >= 11 is 0. The first-order valence-electron chi connectivity index (χ1n) is 6.19. The molecule has 0 unspecified atom stereocenters. The summed E-state index contributed by atoms with van der Waals surface area (Å²) in [7, 11) is 0. The fourth-order valence-corrected chi connectivity index (χ4v) is 1.78. The Labute approximate surface area is 112 Å². The molecule has 0 bridgehead atoms. The Kier molecular flexibility index (Phi) is 4.23. The van der Waals surface area contributed by atoms with Crippen LogP contribution < -0.4 is 15.8 Å².